The molecule has 3 N–H and O–H groups in total. The van der Waals surface area contributed by atoms with Gasteiger partial charge in [0.2, 0.25) is 0 Å². The minimum atomic E-state index is 0.538. The van der Waals surface area contributed by atoms with Crippen molar-refractivity contribution in [3.63, 3.8) is 0 Å². The van der Waals surface area contributed by atoms with Crippen molar-refractivity contribution in [2.45, 2.75) is 6.92 Å². The van der Waals surface area contributed by atoms with Crippen molar-refractivity contribution in [2.75, 3.05) is 18.2 Å². The molecule has 0 atom stereocenters. The van der Waals surface area contributed by atoms with Gasteiger partial charge in [-0.3, -0.25) is 4.68 Å². The molecule has 0 bridgehead atoms. The number of benzene rings is 1. The van der Waals surface area contributed by atoms with Crippen LogP contribution >= 0.6 is 0 Å². The minimum Gasteiger partial charge on any atom is -0.495 e. The average molecular weight is 257 g/mol. The molecule has 1 aromatic heterocycles. The number of aryl methyl sites for hydroxylation is 2. The zero-order chi connectivity index (χ0) is 14.0. The Morgan fingerprint density at radius 3 is 2.74 bits per heavy atom. The van der Waals surface area contributed by atoms with E-state index in [0.717, 1.165) is 11.4 Å². The molecule has 19 heavy (non-hydrogen) atoms. The number of rotatable bonds is 3. The molecule has 2 aromatic rings. The molecular weight excluding hydrogens is 242 g/mol. The molecule has 1 heterocycles. The summed E-state index contributed by atoms with van der Waals surface area (Å²) >= 11 is 0. The van der Waals surface area contributed by atoms with Crippen LogP contribution in [0.4, 0.5) is 17.2 Å². The Hall–Kier alpha value is -2.68. The molecule has 1 aromatic carbocycles. The third-order valence-corrected chi connectivity index (χ3v) is 2.85. The second-order valence-corrected chi connectivity index (χ2v) is 4.12. The lowest BCUT2D eigenvalue weighted by Gasteiger charge is -2.12. The molecule has 6 heteroatoms. The summed E-state index contributed by atoms with van der Waals surface area (Å²) in [4.78, 5) is 0. The van der Waals surface area contributed by atoms with Gasteiger partial charge in [-0.2, -0.15) is 10.4 Å². The Bertz CT molecular complexity index is 654. The van der Waals surface area contributed by atoms with E-state index in [0.29, 0.717) is 22.8 Å². The van der Waals surface area contributed by atoms with Crippen LogP contribution in [0.5, 0.6) is 5.75 Å². The molecule has 6 nitrogen and oxygen atoms in total. The van der Waals surface area contributed by atoms with Gasteiger partial charge in [0, 0.05) is 13.1 Å². The smallest absolute Gasteiger partial charge is 0.152 e. The first-order valence-electron chi connectivity index (χ1n) is 5.71. The topological polar surface area (TPSA) is 88.9 Å². The van der Waals surface area contributed by atoms with Crippen LogP contribution in [0.2, 0.25) is 0 Å². The van der Waals surface area contributed by atoms with E-state index < -0.39 is 0 Å². The molecular formula is C13H15N5O. The molecule has 2 rings (SSSR count). The normalized spacial score (nSPS) is 10.0. The monoisotopic (exact) mass is 257 g/mol. The fourth-order valence-electron chi connectivity index (χ4n) is 1.81. The summed E-state index contributed by atoms with van der Waals surface area (Å²) in [6, 6.07) is 7.23. The van der Waals surface area contributed by atoms with Gasteiger partial charge >= 0.3 is 0 Å². The van der Waals surface area contributed by atoms with Gasteiger partial charge in [0.05, 0.1) is 35.8 Å². The van der Waals surface area contributed by atoms with Crippen molar-refractivity contribution in [2.24, 2.45) is 7.05 Å². The third kappa shape index (κ3) is 2.31. The van der Waals surface area contributed by atoms with Crippen LogP contribution in [-0.2, 0) is 7.05 Å². The number of nitrogens with zero attached hydrogens (tertiary/aromatic N) is 3. The molecule has 0 spiro atoms. The van der Waals surface area contributed by atoms with E-state index in [4.69, 9.17) is 15.7 Å². The summed E-state index contributed by atoms with van der Waals surface area (Å²) < 4.78 is 6.93. The SMILES string of the molecule is COc1cc(C#N)ccc1Nc1c(N)c(C)nn1C. The lowest BCUT2D eigenvalue weighted by molar-refractivity contribution is 0.416. The number of aromatic nitrogens is 2. The van der Waals surface area contributed by atoms with E-state index in [1.54, 1.807) is 30.0 Å². The van der Waals surface area contributed by atoms with E-state index in [1.165, 1.54) is 0 Å². The number of nitrogen functional groups attached to an aromatic ring is 1. The number of anilines is 3. The highest BCUT2D eigenvalue weighted by Gasteiger charge is 2.12. The van der Waals surface area contributed by atoms with Crippen molar-refractivity contribution >= 4 is 17.2 Å². The molecule has 0 aliphatic rings. The largest absolute Gasteiger partial charge is 0.495 e. The summed E-state index contributed by atoms with van der Waals surface area (Å²) in [5, 5.41) is 16.3. The number of methoxy groups -OCH3 is 1. The van der Waals surface area contributed by atoms with E-state index in [2.05, 4.69) is 16.5 Å². The number of nitriles is 1. The van der Waals surface area contributed by atoms with Crippen molar-refractivity contribution in [3.8, 4) is 11.8 Å². The van der Waals surface area contributed by atoms with Gasteiger partial charge in [0.15, 0.2) is 5.82 Å². The highest BCUT2D eigenvalue weighted by Crippen LogP contribution is 2.31. The first kappa shape index (κ1) is 12.8. The molecule has 0 aliphatic carbocycles. The maximum Gasteiger partial charge on any atom is 0.152 e. The number of hydrogen-bond donors (Lipinski definition) is 2. The Balaban J connectivity index is 2.41. The van der Waals surface area contributed by atoms with E-state index in [-0.39, 0.29) is 0 Å². The second-order valence-electron chi connectivity index (χ2n) is 4.12. The molecule has 0 aliphatic heterocycles. The van der Waals surface area contributed by atoms with Crippen LogP contribution in [0, 0.1) is 18.3 Å². The standard InChI is InChI=1S/C13H15N5O/c1-8-12(15)13(18(2)17-8)16-10-5-4-9(7-14)6-11(10)19-3/h4-6,16H,15H2,1-3H3. The fraction of sp³-hybridized carbons (Fsp3) is 0.231. The summed E-state index contributed by atoms with van der Waals surface area (Å²) in [7, 11) is 3.36. The molecule has 0 saturated carbocycles. The molecule has 98 valence electrons. The average Bonchev–Trinajstić information content (AvgIpc) is 2.65. The van der Waals surface area contributed by atoms with Crippen LogP contribution in [0.15, 0.2) is 18.2 Å². The van der Waals surface area contributed by atoms with Crippen molar-refractivity contribution in [1.82, 2.24) is 9.78 Å². The number of nitrogens with one attached hydrogen (secondary N) is 1. The van der Waals surface area contributed by atoms with Gasteiger partial charge in [-0.05, 0) is 19.1 Å². The second kappa shape index (κ2) is 4.90. The molecule has 0 saturated heterocycles. The van der Waals surface area contributed by atoms with E-state index in [1.807, 2.05) is 14.0 Å². The first-order chi connectivity index (χ1) is 9.06. The number of hydrogen-bond acceptors (Lipinski definition) is 5. The quantitative estimate of drug-likeness (QED) is 0.877. The Kier molecular flexibility index (Phi) is 3.29. The Morgan fingerprint density at radius 1 is 1.47 bits per heavy atom. The third-order valence-electron chi connectivity index (χ3n) is 2.85. The van der Waals surface area contributed by atoms with Gasteiger partial charge in [-0.15, -0.1) is 0 Å². The lowest BCUT2D eigenvalue weighted by Crippen LogP contribution is -2.02. The van der Waals surface area contributed by atoms with Gasteiger partial charge in [-0.1, -0.05) is 0 Å². The predicted octanol–water partition coefficient (Wildman–Crippen LogP) is 1.93. The van der Waals surface area contributed by atoms with Gasteiger partial charge in [0.25, 0.3) is 0 Å². The molecule has 0 amide bonds. The van der Waals surface area contributed by atoms with Crippen LogP contribution < -0.4 is 15.8 Å². The highest BCUT2D eigenvalue weighted by molar-refractivity contribution is 5.74. The number of ether oxygens (including phenoxy) is 1. The van der Waals surface area contributed by atoms with Crippen LogP contribution in [-0.4, -0.2) is 16.9 Å². The Morgan fingerprint density at radius 2 is 2.21 bits per heavy atom. The highest BCUT2D eigenvalue weighted by atomic mass is 16.5. The first-order valence-corrected chi connectivity index (χ1v) is 5.71. The summed E-state index contributed by atoms with van der Waals surface area (Å²) in [6.45, 7) is 1.84. The van der Waals surface area contributed by atoms with E-state index >= 15 is 0 Å². The van der Waals surface area contributed by atoms with Gasteiger partial charge < -0.3 is 15.8 Å². The summed E-state index contributed by atoms with van der Waals surface area (Å²) in [6.07, 6.45) is 0. The van der Waals surface area contributed by atoms with Crippen molar-refractivity contribution in [3.05, 3.63) is 29.5 Å². The van der Waals surface area contributed by atoms with Gasteiger partial charge in [0.1, 0.15) is 5.75 Å². The van der Waals surface area contributed by atoms with Crippen molar-refractivity contribution in [1.29, 1.82) is 5.26 Å². The summed E-state index contributed by atoms with van der Waals surface area (Å²) in [5.41, 5.74) is 8.58. The van der Waals surface area contributed by atoms with Crippen LogP contribution in [0.25, 0.3) is 0 Å². The van der Waals surface area contributed by atoms with Gasteiger partial charge in [-0.25, -0.2) is 0 Å². The molecule has 0 radical (unpaired) electrons. The van der Waals surface area contributed by atoms with Crippen molar-refractivity contribution < 1.29 is 4.74 Å². The predicted molar refractivity (Wildman–Crippen MR) is 73.3 cm³/mol. The zero-order valence-corrected chi connectivity index (χ0v) is 11.1. The summed E-state index contributed by atoms with van der Waals surface area (Å²) in [5.74, 6) is 1.28. The van der Waals surface area contributed by atoms with Crippen LogP contribution in [0.3, 0.4) is 0 Å². The fourth-order valence-corrected chi connectivity index (χ4v) is 1.81. The molecule has 0 unspecified atom stereocenters. The lowest BCUT2D eigenvalue weighted by atomic mass is 10.2. The zero-order valence-electron chi connectivity index (χ0n) is 11.1. The maximum atomic E-state index is 8.87. The minimum absolute atomic E-state index is 0.538. The van der Waals surface area contributed by atoms with Crippen LogP contribution in [0.1, 0.15) is 11.3 Å². The maximum absolute atomic E-state index is 8.87. The molecule has 0 fully saturated rings. The van der Waals surface area contributed by atoms with E-state index in [9.17, 15) is 0 Å². The Labute approximate surface area is 111 Å². The number of nitrogens with two attached hydrogens (primary N) is 1.